The second kappa shape index (κ2) is 7.59. The van der Waals surface area contributed by atoms with Gasteiger partial charge in [0, 0.05) is 44.1 Å². The fourth-order valence-corrected chi connectivity index (χ4v) is 3.28. The average Bonchev–Trinajstić information content (AvgIpc) is 3.08. The molecule has 1 fully saturated rings. The molecule has 3 rings (SSSR count). The number of aromatic nitrogens is 2. The van der Waals surface area contributed by atoms with Crippen LogP contribution in [0.1, 0.15) is 26.2 Å². The zero-order chi connectivity index (χ0) is 16.1. The molecule has 1 aliphatic rings. The molecular weight excluding hydrogens is 291 g/mol. The average molecular weight is 316 g/mol. The standard InChI is InChI=1S/C18H25FN4/c1-2-15(13-22-12-9-20-14-22)21-16-7-10-23(11-8-16)18-6-4-3-5-17(18)19/h3-6,9,12,14-16,21H,2,7-8,10-11,13H2,1H3/t15-/m0/s1. The number of piperidine rings is 1. The fourth-order valence-electron chi connectivity index (χ4n) is 3.28. The second-order valence-electron chi connectivity index (χ2n) is 6.24. The van der Waals surface area contributed by atoms with Crippen molar-refractivity contribution in [1.82, 2.24) is 14.9 Å². The van der Waals surface area contributed by atoms with Crippen LogP contribution in [-0.4, -0.2) is 34.7 Å². The molecule has 1 aromatic carbocycles. The molecule has 0 aliphatic carbocycles. The lowest BCUT2D eigenvalue weighted by atomic mass is 10.0. The van der Waals surface area contributed by atoms with E-state index in [1.165, 1.54) is 6.07 Å². The van der Waals surface area contributed by atoms with Crippen molar-refractivity contribution < 1.29 is 4.39 Å². The Morgan fingerprint density at radius 3 is 2.74 bits per heavy atom. The molecule has 1 atom stereocenters. The molecule has 1 aliphatic heterocycles. The van der Waals surface area contributed by atoms with Crippen molar-refractivity contribution >= 4 is 5.69 Å². The first-order valence-corrected chi connectivity index (χ1v) is 8.47. The van der Waals surface area contributed by atoms with Crippen molar-refractivity contribution in [1.29, 1.82) is 0 Å². The van der Waals surface area contributed by atoms with Gasteiger partial charge in [-0.3, -0.25) is 0 Å². The van der Waals surface area contributed by atoms with Crippen LogP contribution in [0.2, 0.25) is 0 Å². The van der Waals surface area contributed by atoms with Gasteiger partial charge in [-0.25, -0.2) is 9.37 Å². The second-order valence-corrected chi connectivity index (χ2v) is 6.24. The molecule has 1 N–H and O–H groups in total. The lowest BCUT2D eigenvalue weighted by Crippen LogP contribution is -2.47. The summed E-state index contributed by atoms with van der Waals surface area (Å²) in [6.45, 7) is 4.97. The van der Waals surface area contributed by atoms with Crippen LogP contribution >= 0.6 is 0 Å². The summed E-state index contributed by atoms with van der Waals surface area (Å²) in [6, 6.07) is 8.02. The van der Waals surface area contributed by atoms with Crippen molar-refractivity contribution in [2.24, 2.45) is 0 Å². The first-order chi connectivity index (χ1) is 11.3. The summed E-state index contributed by atoms with van der Waals surface area (Å²) in [6.07, 6.45) is 8.88. The Morgan fingerprint density at radius 1 is 1.30 bits per heavy atom. The van der Waals surface area contributed by atoms with Crippen LogP contribution in [-0.2, 0) is 6.54 Å². The summed E-state index contributed by atoms with van der Waals surface area (Å²) in [4.78, 5) is 6.26. The molecule has 0 unspecified atom stereocenters. The summed E-state index contributed by atoms with van der Waals surface area (Å²) >= 11 is 0. The van der Waals surface area contributed by atoms with Gasteiger partial charge < -0.3 is 14.8 Å². The molecule has 4 nitrogen and oxygen atoms in total. The Kier molecular flexibility index (Phi) is 5.28. The number of hydrogen-bond donors (Lipinski definition) is 1. The zero-order valence-corrected chi connectivity index (χ0v) is 13.7. The van der Waals surface area contributed by atoms with Gasteiger partial charge in [-0.1, -0.05) is 19.1 Å². The summed E-state index contributed by atoms with van der Waals surface area (Å²) in [5, 5.41) is 3.76. The Bertz CT molecular complexity index is 591. The number of nitrogens with one attached hydrogen (secondary N) is 1. The molecule has 0 amide bonds. The van der Waals surface area contributed by atoms with Crippen molar-refractivity contribution in [2.45, 2.75) is 44.8 Å². The van der Waals surface area contributed by atoms with Gasteiger partial charge in [-0.15, -0.1) is 0 Å². The number of nitrogens with zero attached hydrogens (tertiary/aromatic N) is 3. The van der Waals surface area contributed by atoms with Crippen LogP contribution in [0.4, 0.5) is 10.1 Å². The molecule has 2 aromatic rings. The quantitative estimate of drug-likeness (QED) is 0.889. The highest BCUT2D eigenvalue weighted by molar-refractivity contribution is 5.47. The minimum Gasteiger partial charge on any atom is -0.369 e. The largest absolute Gasteiger partial charge is 0.369 e. The van der Waals surface area contributed by atoms with E-state index < -0.39 is 0 Å². The molecular formula is C18H25FN4. The van der Waals surface area contributed by atoms with E-state index in [9.17, 15) is 4.39 Å². The zero-order valence-electron chi connectivity index (χ0n) is 13.7. The molecule has 0 bridgehead atoms. The molecule has 0 spiro atoms. The number of para-hydroxylation sites is 1. The SMILES string of the molecule is CC[C@@H](Cn1ccnc1)NC1CCN(c2ccccc2F)CC1. The van der Waals surface area contributed by atoms with Crippen LogP contribution in [0.15, 0.2) is 43.0 Å². The number of rotatable bonds is 6. The minimum absolute atomic E-state index is 0.120. The molecule has 1 aromatic heterocycles. The maximum absolute atomic E-state index is 13.9. The molecule has 0 radical (unpaired) electrons. The Hall–Kier alpha value is -1.88. The van der Waals surface area contributed by atoms with Gasteiger partial charge in [0.1, 0.15) is 5.82 Å². The van der Waals surface area contributed by atoms with Gasteiger partial charge in [0.05, 0.1) is 12.0 Å². The number of benzene rings is 1. The van der Waals surface area contributed by atoms with Gasteiger partial charge in [-0.2, -0.15) is 0 Å². The topological polar surface area (TPSA) is 33.1 Å². The van der Waals surface area contributed by atoms with E-state index in [0.29, 0.717) is 12.1 Å². The van der Waals surface area contributed by atoms with Crippen LogP contribution in [0, 0.1) is 5.82 Å². The first kappa shape index (κ1) is 16.0. The number of hydrogen-bond acceptors (Lipinski definition) is 3. The van der Waals surface area contributed by atoms with Gasteiger partial charge in [0.25, 0.3) is 0 Å². The monoisotopic (exact) mass is 316 g/mol. The van der Waals surface area contributed by atoms with Crippen LogP contribution in [0.5, 0.6) is 0 Å². The van der Waals surface area contributed by atoms with Crippen molar-refractivity contribution in [2.75, 3.05) is 18.0 Å². The Labute approximate surface area is 137 Å². The van der Waals surface area contributed by atoms with E-state index in [4.69, 9.17) is 0 Å². The molecule has 124 valence electrons. The molecule has 2 heterocycles. The molecule has 0 saturated carbocycles. The van der Waals surface area contributed by atoms with E-state index in [1.807, 2.05) is 30.9 Å². The predicted octanol–water partition coefficient (Wildman–Crippen LogP) is 3.06. The van der Waals surface area contributed by atoms with Gasteiger partial charge in [0.2, 0.25) is 0 Å². The molecule has 5 heteroatoms. The molecule has 23 heavy (non-hydrogen) atoms. The predicted molar refractivity (Wildman–Crippen MR) is 91.1 cm³/mol. The van der Waals surface area contributed by atoms with Crippen molar-refractivity contribution in [3.8, 4) is 0 Å². The third-order valence-corrected chi connectivity index (χ3v) is 4.64. The Morgan fingerprint density at radius 2 is 2.09 bits per heavy atom. The smallest absolute Gasteiger partial charge is 0.146 e. The summed E-state index contributed by atoms with van der Waals surface area (Å²) in [5.74, 6) is -0.120. The Balaban J connectivity index is 1.51. The highest BCUT2D eigenvalue weighted by Crippen LogP contribution is 2.23. The van der Waals surface area contributed by atoms with E-state index in [-0.39, 0.29) is 5.82 Å². The van der Waals surface area contributed by atoms with Gasteiger partial charge >= 0.3 is 0 Å². The maximum atomic E-state index is 13.9. The maximum Gasteiger partial charge on any atom is 0.146 e. The van der Waals surface area contributed by atoms with Crippen molar-refractivity contribution in [3.05, 3.63) is 48.8 Å². The van der Waals surface area contributed by atoms with E-state index >= 15 is 0 Å². The third kappa shape index (κ3) is 4.10. The third-order valence-electron chi connectivity index (χ3n) is 4.64. The van der Waals surface area contributed by atoms with E-state index in [0.717, 1.165) is 44.6 Å². The summed E-state index contributed by atoms with van der Waals surface area (Å²) < 4.78 is 16.0. The number of imidazole rings is 1. The lowest BCUT2D eigenvalue weighted by Gasteiger charge is -2.36. The first-order valence-electron chi connectivity index (χ1n) is 8.47. The summed E-state index contributed by atoms with van der Waals surface area (Å²) in [7, 11) is 0. The summed E-state index contributed by atoms with van der Waals surface area (Å²) in [5.41, 5.74) is 0.733. The van der Waals surface area contributed by atoms with E-state index in [1.54, 1.807) is 6.07 Å². The van der Waals surface area contributed by atoms with Crippen LogP contribution in [0.3, 0.4) is 0 Å². The highest BCUT2D eigenvalue weighted by atomic mass is 19.1. The number of anilines is 1. The van der Waals surface area contributed by atoms with E-state index in [2.05, 4.69) is 26.7 Å². The fraction of sp³-hybridized carbons (Fsp3) is 0.500. The van der Waals surface area contributed by atoms with Gasteiger partial charge in [-0.05, 0) is 31.4 Å². The highest BCUT2D eigenvalue weighted by Gasteiger charge is 2.22. The number of halogens is 1. The van der Waals surface area contributed by atoms with Gasteiger partial charge in [0.15, 0.2) is 0 Å². The van der Waals surface area contributed by atoms with Crippen molar-refractivity contribution in [3.63, 3.8) is 0 Å². The normalized spacial score (nSPS) is 17.4. The van der Waals surface area contributed by atoms with Crippen LogP contribution in [0.25, 0.3) is 0 Å². The minimum atomic E-state index is -0.120. The van der Waals surface area contributed by atoms with Crippen LogP contribution < -0.4 is 10.2 Å². The molecule has 1 saturated heterocycles. The lowest BCUT2D eigenvalue weighted by molar-refractivity contribution is 0.335.